The molecule has 0 atom stereocenters. The minimum absolute atomic E-state index is 0.0236. The summed E-state index contributed by atoms with van der Waals surface area (Å²) in [5.41, 5.74) is 0.0340. The Morgan fingerprint density at radius 3 is 2.73 bits per heavy atom. The van der Waals surface area contributed by atoms with Gasteiger partial charge in [0.2, 0.25) is 0 Å². The van der Waals surface area contributed by atoms with Gasteiger partial charge in [0.1, 0.15) is 11.4 Å². The molecule has 0 aliphatic carbocycles. The van der Waals surface area contributed by atoms with E-state index in [0.717, 1.165) is 12.5 Å². The van der Waals surface area contributed by atoms with Gasteiger partial charge in [-0.05, 0) is 42.8 Å². The fourth-order valence-corrected chi connectivity index (χ4v) is 4.32. The Morgan fingerprint density at radius 1 is 1.13 bits per heavy atom. The van der Waals surface area contributed by atoms with Crippen LogP contribution in [0.5, 0.6) is 0 Å². The number of nitrogens with zero attached hydrogens (tertiary/aromatic N) is 1. The van der Waals surface area contributed by atoms with Gasteiger partial charge in [0, 0.05) is 29.7 Å². The van der Waals surface area contributed by atoms with Crippen molar-refractivity contribution in [2.75, 3.05) is 11.9 Å². The number of anilines is 1. The van der Waals surface area contributed by atoms with E-state index in [1.165, 1.54) is 36.4 Å². The minimum Gasteiger partial charge on any atom is -0.451 e. The maximum Gasteiger partial charge on any atom is 0.291 e. The number of benzene rings is 2. The standard InChI is InChI=1S/C20H16ClN3O5S/c21-12-6-7-17-15(9-12)16(25)11-18(29-17)20(26)23-13-3-1-4-14(10-13)30(27,28)24-19-5-2-8-22-19/h1,3-4,6-7,9-11H,2,5,8H2,(H,22,24)(H,23,26). The second-order valence-electron chi connectivity index (χ2n) is 6.63. The van der Waals surface area contributed by atoms with Crippen LogP contribution in [0.1, 0.15) is 23.4 Å². The predicted octanol–water partition coefficient (Wildman–Crippen LogP) is 3.17. The van der Waals surface area contributed by atoms with Gasteiger partial charge in [-0.25, -0.2) is 8.42 Å². The van der Waals surface area contributed by atoms with Gasteiger partial charge in [0.15, 0.2) is 11.2 Å². The molecule has 2 aromatic carbocycles. The maximum absolute atomic E-state index is 12.6. The monoisotopic (exact) mass is 445 g/mol. The van der Waals surface area contributed by atoms with E-state index in [9.17, 15) is 18.0 Å². The van der Waals surface area contributed by atoms with Crippen LogP contribution in [0.4, 0.5) is 5.69 Å². The third-order valence-corrected chi connectivity index (χ3v) is 6.06. The number of hydrogen-bond donors (Lipinski definition) is 2. The van der Waals surface area contributed by atoms with Crippen LogP contribution in [0.15, 0.2) is 67.6 Å². The van der Waals surface area contributed by atoms with Gasteiger partial charge in [0.25, 0.3) is 15.9 Å². The van der Waals surface area contributed by atoms with Crippen molar-refractivity contribution in [3.05, 3.63) is 69.5 Å². The quantitative estimate of drug-likeness (QED) is 0.639. The first kappa shape index (κ1) is 20.1. The first-order valence-corrected chi connectivity index (χ1v) is 10.9. The van der Waals surface area contributed by atoms with Gasteiger partial charge >= 0.3 is 0 Å². The number of amidine groups is 1. The Kier molecular flexibility index (Phi) is 5.31. The van der Waals surface area contributed by atoms with Crippen molar-refractivity contribution >= 4 is 50.0 Å². The SMILES string of the molecule is O=C(Nc1cccc(S(=O)(=O)NC2=NCCC2)c1)c1cc(=O)c2cc(Cl)ccc2o1. The normalized spacial score (nSPS) is 13.8. The maximum atomic E-state index is 12.6. The zero-order chi connectivity index (χ0) is 21.3. The summed E-state index contributed by atoms with van der Waals surface area (Å²) in [6.07, 6.45) is 1.37. The van der Waals surface area contributed by atoms with E-state index in [1.807, 2.05) is 0 Å². The highest BCUT2D eigenvalue weighted by atomic mass is 35.5. The number of carbonyl (C=O) groups excluding carboxylic acids is 1. The van der Waals surface area contributed by atoms with Crippen LogP contribution in [0, 0.1) is 0 Å². The van der Waals surface area contributed by atoms with Gasteiger partial charge in [-0.1, -0.05) is 17.7 Å². The van der Waals surface area contributed by atoms with Crippen LogP contribution in [0.3, 0.4) is 0 Å². The van der Waals surface area contributed by atoms with E-state index in [1.54, 1.807) is 6.07 Å². The molecule has 0 bridgehead atoms. The second-order valence-corrected chi connectivity index (χ2v) is 8.75. The van der Waals surface area contributed by atoms with Gasteiger partial charge in [-0.3, -0.25) is 19.3 Å². The van der Waals surface area contributed by atoms with Crippen molar-refractivity contribution in [1.82, 2.24) is 4.72 Å². The van der Waals surface area contributed by atoms with Gasteiger partial charge < -0.3 is 9.73 Å². The van der Waals surface area contributed by atoms with Crippen molar-refractivity contribution in [3.63, 3.8) is 0 Å². The highest BCUT2D eigenvalue weighted by Gasteiger charge is 2.19. The first-order chi connectivity index (χ1) is 14.3. The van der Waals surface area contributed by atoms with E-state index in [2.05, 4.69) is 15.0 Å². The molecule has 0 spiro atoms. The zero-order valence-corrected chi connectivity index (χ0v) is 17.1. The van der Waals surface area contributed by atoms with E-state index in [4.69, 9.17) is 16.0 Å². The van der Waals surface area contributed by atoms with Crippen LogP contribution < -0.4 is 15.5 Å². The molecule has 8 nitrogen and oxygen atoms in total. The van der Waals surface area contributed by atoms with Crippen molar-refractivity contribution in [2.45, 2.75) is 17.7 Å². The number of fused-ring (bicyclic) bond motifs is 1. The fraction of sp³-hybridized carbons (Fsp3) is 0.150. The number of sulfonamides is 1. The summed E-state index contributed by atoms with van der Waals surface area (Å²) in [5.74, 6) is -0.476. The molecule has 4 rings (SSSR count). The molecule has 2 heterocycles. The highest BCUT2D eigenvalue weighted by molar-refractivity contribution is 7.90. The molecule has 1 amide bonds. The lowest BCUT2D eigenvalue weighted by Gasteiger charge is -2.10. The first-order valence-electron chi connectivity index (χ1n) is 9.03. The molecule has 0 radical (unpaired) electrons. The summed E-state index contributed by atoms with van der Waals surface area (Å²) in [7, 11) is -3.82. The molecule has 2 N–H and O–H groups in total. The van der Waals surface area contributed by atoms with Crippen molar-refractivity contribution in [3.8, 4) is 0 Å². The molecule has 3 aromatic rings. The summed E-state index contributed by atoms with van der Waals surface area (Å²) in [6, 6.07) is 11.3. The second kappa shape index (κ2) is 7.92. The number of amides is 1. The summed E-state index contributed by atoms with van der Waals surface area (Å²) < 4.78 is 33.0. The lowest BCUT2D eigenvalue weighted by molar-refractivity contribution is 0.0997. The Labute approximate surface area is 176 Å². The number of hydrogen-bond acceptors (Lipinski definition) is 6. The van der Waals surface area contributed by atoms with Crippen LogP contribution in [0.25, 0.3) is 11.0 Å². The summed E-state index contributed by atoms with van der Waals surface area (Å²) in [5, 5.41) is 3.18. The van der Waals surface area contributed by atoms with Crippen molar-refractivity contribution in [2.24, 2.45) is 4.99 Å². The highest BCUT2D eigenvalue weighted by Crippen LogP contribution is 2.20. The Balaban J connectivity index is 1.58. The molecular weight excluding hydrogens is 430 g/mol. The predicted molar refractivity (Wildman–Crippen MR) is 114 cm³/mol. The van der Waals surface area contributed by atoms with Gasteiger partial charge in [0.05, 0.1) is 10.3 Å². The lowest BCUT2D eigenvalue weighted by atomic mass is 10.2. The molecule has 0 fully saturated rings. The van der Waals surface area contributed by atoms with Crippen LogP contribution >= 0.6 is 11.6 Å². The molecule has 1 aliphatic rings. The Hall–Kier alpha value is -3.17. The average molecular weight is 446 g/mol. The van der Waals surface area contributed by atoms with Crippen LogP contribution in [0.2, 0.25) is 5.02 Å². The summed E-state index contributed by atoms with van der Waals surface area (Å²) in [6.45, 7) is 0.594. The molecule has 30 heavy (non-hydrogen) atoms. The van der Waals surface area contributed by atoms with Gasteiger partial charge in [-0.15, -0.1) is 0 Å². The van der Waals surface area contributed by atoms with E-state index in [0.29, 0.717) is 23.8 Å². The lowest BCUT2D eigenvalue weighted by Crippen LogP contribution is -2.29. The zero-order valence-electron chi connectivity index (χ0n) is 15.5. The smallest absolute Gasteiger partial charge is 0.291 e. The third kappa shape index (κ3) is 4.22. The van der Waals surface area contributed by atoms with E-state index < -0.39 is 21.4 Å². The molecule has 0 saturated carbocycles. The van der Waals surface area contributed by atoms with Gasteiger partial charge in [-0.2, -0.15) is 0 Å². The minimum atomic E-state index is -3.82. The fourth-order valence-electron chi connectivity index (χ4n) is 3.01. The molecule has 0 unspecified atom stereocenters. The van der Waals surface area contributed by atoms with E-state index in [-0.39, 0.29) is 27.3 Å². The number of halogens is 1. The van der Waals surface area contributed by atoms with Crippen LogP contribution in [-0.4, -0.2) is 26.7 Å². The largest absolute Gasteiger partial charge is 0.451 e. The third-order valence-electron chi connectivity index (χ3n) is 4.44. The average Bonchev–Trinajstić information content (AvgIpc) is 3.21. The summed E-state index contributed by atoms with van der Waals surface area (Å²) >= 11 is 5.88. The molecule has 1 aliphatic heterocycles. The number of nitrogens with one attached hydrogen (secondary N) is 2. The number of aliphatic imine (C=N–C) groups is 1. The molecule has 0 saturated heterocycles. The summed E-state index contributed by atoms with van der Waals surface area (Å²) in [4.78, 5) is 28.9. The Bertz CT molecular complexity index is 1350. The molecule has 154 valence electrons. The van der Waals surface area contributed by atoms with E-state index >= 15 is 0 Å². The molecule has 1 aromatic heterocycles. The molecular formula is C20H16ClN3O5S. The number of rotatable bonds is 4. The van der Waals surface area contributed by atoms with Crippen molar-refractivity contribution in [1.29, 1.82) is 0 Å². The number of carbonyl (C=O) groups is 1. The Morgan fingerprint density at radius 2 is 1.97 bits per heavy atom. The van der Waals surface area contributed by atoms with Crippen LogP contribution in [-0.2, 0) is 10.0 Å². The molecule has 10 heteroatoms. The topological polar surface area (TPSA) is 118 Å². The van der Waals surface area contributed by atoms with Crippen molar-refractivity contribution < 1.29 is 17.6 Å².